The van der Waals surface area contributed by atoms with Gasteiger partial charge in [-0.05, 0) is 25.1 Å². The number of hydrogen-bond acceptors (Lipinski definition) is 4. The Balaban J connectivity index is 2.16. The van der Waals surface area contributed by atoms with Crippen LogP contribution in [-0.4, -0.2) is 16.5 Å². The van der Waals surface area contributed by atoms with Gasteiger partial charge < -0.3 is 10.6 Å². The summed E-state index contributed by atoms with van der Waals surface area (Å²) in [4.78, 5) is 10.6. The van der Waals surface area contributed by atoms with Gasteiger partial charge in [0.2, 0.25) is 0 Å². The van der Waals surface area contributed by atoms with Crippen LogP contribution in [0.15, 0.2) is 42.6 Å². The highest BCUT2D eigenvalue weighted by atomic mass is 15.1. The van der Waals surface area contributed by atoms with Gasteiger partial charge in [0.05, 0.1) is 6.54 Å². The van der Waals surface area contributed by atoms with Crippen molar-refractivity contribution in [3.8, 4) is 0 Å². The van der Waals surface area contributed by atoms with E-state index in [0.29, 0.717) is 12.4 Å². The summed E-state index contributed by atoms with van der Waals surface area (Å²) in [5, 5.41) is 0. The number of hydrogen-bond donors (Lipinski definition) is 1. The third-order valence-electron chi connectivity index (χ3n) is 2.56. The molecule has 4 heteroatoms. The second kappa shape index (κ2) is 5.30. The van der Waals surface area contributed by atoms with Gasteiger partial charge in [0.1, 0.15) is 11.6 Å². The molecule has 2 N–H and O–H groups in total. The average molecular weight is 228 g/mol. The van der Waals surface area contributed by atoms with Crippen molar-refractivity contribution in [2.75, 3.05) is 17.2 Å². The third-order valence-corrected chi connectivity index (χ3v) is 2.56. The number of para-hydroxylation sites is 1. The van der Waals surface area contributed by atoms with Crippen molar-refractivity contribution < 1.29 is 0 Å². The Kier molecular flexibility index (Phi) is 3.55. The highest BCUT2D eigenvalue weighted by Gasteiger charge is 2.06. The Labute approximate surface area is 101 Å². The highest BCUT2D eigenvalue weighted by molar-refractivity contribution is 5.45. The van der Waals surface area contributed by atoms with Crippen LogP contribution in [0.3, 0.4) is 0 Å². The number of aromatic nitrogens is 2. The molecule has 2 aromatic rings. The fourth-order valence-corrected chi connectivity index (χ4v) is 1.69. The molecule has 0 saturated heterocycles. The van der Waals surface area contributed by atoms with Crippen LogP contribution < -0.4 is 10.6 Å². The summed E-state index contributed by atoms with van der Waals surface area (Å²) < 4.78 is 0. The van der Waals surface area contributed by atoms with Gasteiger partial charge in [-0.15, -0.1) is 0 Å². The highest BCUT2D eigenvalue weighted by Crippen LogP contribution is 2.14. The molecule has 2 rings (SSSR count). The molecule has 0 aliphatic rings. The molecule has 4 nitrogen and oxygen atoms in total. The van der Waals surface area contributed by atoms with E-state index < -0.39 is 0 Å². The molecule has 17 heavy (non-hydrogen) atoms. The Morgan fingerprint density at radius 3 is 2.59 bits per heavy atom. The lowest BCUT2D eigenvalue weighted by atomic mass is 10.3. The topological polar surface area (TPSA) is 55.0 Å². The van der Waals surface area contributed by atoms with Crippen LogP contribution in [0, 0.1) is 0 Å². The van der Waals surface area contributed by atoms with Crippen LogP contribution in [-0.2, 0) is 6.54 Å². The van der Waals surface area contributed by atoms with Crippen molar-refractivity contribution >= 4 is 11.5 Å². The van der Waals surface area contributed by atoms with Gasteiger partial charge in [0.25, 0.3) is 0 Å². The average Bonchev–Trinajstić information content (AvgIpc) is 2.37. The SMILES string of the molecule is CCN(Cc1nccc(N)n1)c1ccccc1. The van der Waals surface area contributed by atoms with E-state index in [1.165, 1.54) is 5.69 Å². The Hall–Kier alpha value is -2.10. The molecule has 0 aliphatic carbocycles. The van der Waals surface area contributed by atoms with Crippen molar-refractivity contribution in [2.24, 2.45) is 0 Å². The molecular formula is C13H16N4. The Morgan fingerprint density at radius 1 is 1.18 bits per heavy atom. The van der Waals surface area contributed by atoms with Gasteiger partial charge in [-0.1, -0.05) is 18.2 Å². The van der Waals surface area contributed by atoms with E-state index in [0.717, 1.165) is 12.4 Å². The first-order valence-electron chi connectivity index (χ1n) is 5.67. The molecular weight excluding hydrogens is 212 g/mol. The molecule has 0 unspecified atom stereocenters. The van der Waals surface area contributed by atoms with Crippen LogP contribution in [0.5, 0.6) is 0 Å². The van der Waals surface area contributed by atoms with Gasteiger partial charge in [0.15, 0.2) is 0 Å². The maximum Gasteiger partial charge on any atom is 0.149 e. The fourth-order valence-electron chi connectivity index (χ4n) is 1.69. The van der Waals surface area contributed by atoms with Crippen molar-refractivity contribution in [3.63, 3.8) is 0 Å². The lowest BCUT2D eigenvalue weighted by Crippen LogP contribution is -2.23. The number of rotatable bonds is 4. The second-order valence-corrected chi connectivity index (χ2v) is 3.75. The van der Waals surface area contributed by atoms with Crippen molar-refractivity contribution in [1.82, 2.24) is 9.97 Å². The first-order valence-corrected chi connectivity index (χ1v) is 5.67. The van der Waals surface area contributed by atoms with Gasteiger partial charge >= 0.3 is 0 Å². The monoisotopic (exact) mass is 228 g/mol. The van der Waals surface area contributed by atoms with Crippen LogP contribution in [0.2, 0.25) is 0 Å². The van der Waals surface area contributed by atoms with Crippen molar-refractivity contribution in [3.05, 3.63) is 48.4 Å². The number of nitrogens with two attached hydrogens (primary N) is 1. The molecule has 0 fully saturated rings. The first-order chi connectivity index (χ1) is 8.29. The maximum absolute atomic E-state index is 5.64. The van der Waals surface area contributed by atoms with E-state index in [-0.39, 0.29) is 0 Å². The van der Waals surface area contributed by atoms with Crippen molar-refractivity contribution in [1.29, 1.82) is 0 Å². The Bertz CT molecular complexity index is 470. The molecule has 0 atom stereocenters. The van der Waals surface area contributed by atoms with Crippen LogP contribution in [0.4, 0.5) is 11.5 Å². The molecule has 1 heterocycles. The summed E-state index contributed by atoms with van der Waals surface area (Å²) in [6.45, 7) is 3.69. The zero-order valence-electron chi connectivity index (χ0n) is 9.87. The van der Waals surface area contributed by atoms with Crippen LogP contribution in [0.25, 0.3) is 0 Å². The molecule has 0 saturated carbocycles. The normalized spacial score (nSPS) is 10.2. The van der Waals surface area contributed by atoms with Gasteiger partial charge in [-0.2, -0.15) is 0 Å². The summed E-state index contributed by atoms with van der Waals surface area (Å²) in [5.74, 6) is 1.26. The van der Waals surface area contributed by atoms with Gasteiger partial charge in [-0.25, -0.2) is 9.97 Å². The molecule has 0 bridgehead atoms. The summed E-state index contributed by atoms with van der Waals surface area (Å²) in [7, 11) is 0. The van der Waals surface area contributed by atoms with Gasteiger partial charge in [-0.3, -0.25) is 0 Å². The first kappa shape index (κ1) is 11.4. The maximum atomic E-state index is 5.64. The molecule has 0 radical (unpaired) electrons. The number of benzene rings is 1. The van der Waals surface area contributed by atoms with E-state index in [2.05, 4.69) is 33.9 Å². The molecule has 88 valence electrons. The molecule has 1 aromatic carbocycles. The van der Waals surface area contributed by atoms with E-state index in [9.17, 15) is 0 Å². The lowest BCUT2D eigenvalue weighted by molar-refractivity contribution is 0.782. The minimum atomic E-state index is 0.513. The van der Waals surface area contributed by atoms with E-state index >= 15 is 0 Å². The Morgan fingerprint density at radius 2 is 1.94 bits per heavy atom. The quantitative estimate of drug-likeness (QED) is 0.870. The molecule has 0 aliphatic heterocycles. The minimum Gasteiger partial charge on any atom is -0.384 e. The summed E-state index contributed by atoms with van der Waals surface area (Å²) in [6.07, 6.45) is 1.69. The van der Waals surface area contributed by atoms with Crippen LogP contribution >= 0.6 is 0 Å². The van der Waals surface area contributed by atoms with E-state index in [4.69, 9.17) is 5.73 Å². The third kappa shape index (κ3) is 2.93. The predicted octanol–water partition coefficient (Wildman–Crippen LogP) is 2.09. The second-order valence-electron chi connectivity index (χ2n) is 3.75. The minimum absolute atomic E-state index is 0.513. The largest absolute Gasteiger partial charge is 0.384 e. The summed E-state index contributed by atoms with van der Waals surface area (Å²) in [6, 6.07) is 11.9. The number of nitrogens with zero attached hydrogens (tertiary/aromatic N) is 3. The summed E-state index contributed by atoms with van der Waals surface area (Å²) >= 11 is 0. The number of nitrogen functional groups attached to an aromatic ring is 1. The van der Waals surface area contributed by atoms with E-state index in [1.54, 1.807) is 12.3 Å². The zero-order chi connectivity index (χ0) is 12.1. The van der Waals surface area contributed by atoms with Gasteiger partial charge in [0, 0.05) is 18.4 Å². The smallest absolute Gasteiger partial charge is 0.149 e. The molecule has 0 amide bonds. The number of anilines is 2. The van der Waals surface area contributed by atoms with Crippen molar-refractivity contribution in [2.45, 2.75) is 13.5 Å². The zero-order valence-corrected chi connectivity index (χ0v) is 9.87. The van der Waals surface area contributed by atoms with E-state index in [1.807, 2.05) is 18.2 Å². The summed E-state index contributed by atoms with van der Waals surface area (Å²) in [5.41, 5.74) is 6.81. The van der Waals surface area contributed by atoms with Crippen LogP contribution in [0.1, 0.15) is 12.7 Å². The lowest BCUT2D eigenvalue weighted by Gasteiger charge is -2.22. The predicted molar refractivity (Wildman–Crippen MR) is 69.6 cm³/mol. The molecule has 1 aromatic heterocycles. The molecule has 0 spiro atoms. The fraction of sp³-hybridized carbons (Fsp3) is 0.231. The standard InChI is InChI=1S/C13H16N4/c1-2-17(11-6-4-3-5-7-11)10-13-15-9-8-12(14)16-13/h3-9H,2,10H2,1H3,(H2,14,15,16).